The largest absolute Gasteiger partial charge is 0.497 e. The van der Waals surface area contributed by atoms with E-state index in [9.17, 15) is 0 Å². The fraction of sp³-hybridized carbons (Fsp3) is 0.650. The third-order valence-electron chi connectivity index (χ3n) is 4.72. The van der Waals surface area contributed by atoms with Gasteiger partial charge in [0.25, 0.3) is 0 Å². The molecule has 0 unspecified atom stereocenters. The van der Waals surface area contributed by atoms with E-state index in [1.165, 1.54) is 19.3 Å². The molecule has 0 atom stereocenters. The Labute approximate surface area is 180 Å². The van der Waals surface area contributed by atoms with Gasteiger partial charge in [-0.15, -0.1) is 24.0 Å². The van der Waals surface area contributed by atoms with Crippen molar-refractivity contribution in [1.29, 1.82) is 0 Å². The summed E-state index contributed by atoms with van der Waals surface area (Å²) in [6.45, 7) is 4.35. The van der Waals surface area contributed by atoms with Gasteiger partial charge in [0.15, 0.2) is 5.96 Å². The first-order valence-corrected chi connectivity index (χ1v) is 9.49. The van der Waals surface area contributed by atoms with E-state index in [1.54, 1.807) is 7.11 Å². The number of guanidine groups is 1. The quantitative estimate of drug-likeness (QED) is 0.249. The van der Waals surface area contributed by atoms with Crippen LogP contribution >= 0.6 is 24.0 Å². The second-order valence-corrected chi connectivity index (χ2v) is 6.62. The Balaban J connectivity index is 0.00000364. The maximum absolute atomic E-state index is 5.75. The molecule has 27 heavy (non-hydrogen) atoms. The third kappa shape index (κ3) is 9.01. The van der Waals surface area contributed by atoms with Crippen molar-refractivity contribution in [1.82, 2.24) is 10.2 Å². The molecule has 1 aromatic rings. The van der Waals surface area contributed by atoms with Gasteiger partial charge in [-0.3, -0.25) is 4.99 Å². The fourth-order valence-electron chi connectivity index (χ4n) is 3.04. The number of methoxy groups -OCH3 is 1. The summed E-state index contributed by atoms with van der Waals surface area (Å²) < 4.78 is 16.3. The van der Waals surface area contributed by atoms with E-state index in [0.717, 1.165) is 56.1 Å². The van der Waals surface area contributed by atoms with E-state index < -0.39 is 0 Å². The normalized spacial score (nSPS) is 15.0. The Bertz CT molecular complexity index is 534. The summed E-state index contributed by atoms with van der Waals surface area (Å²) >= 11 is 0. The van der Waals surface area contributed by atoms with Crippen molar-refractivity contribution in [3.05, 3.63) is 24.3 Å². The number of halogens is 1. The fourth-order valence-corrected chi connectivity index (χ4v) is 3.04. The minimum Gasteiger partial charge on any atom is -0.497 e. The summed E-state index contributed by atoms with van der Waals surface area (Å²) in [7, 11) is 5.60. The summed E-state index contributed by atoms with van der Waals surface area (Å²) in [5, 5.41) is 3.41. The average Bonchev–Trinajstić information content (AvgIpc) is 2.70. The zero-order valence-electron chi connectivity index (χ0n) is 16.8. The Hall–Kier alpha value is -1.22. The summed E-state index contributed by atoms with van der Waals surface area (Å²) in [4.78, 5) is 6.59. The van der Waals surface area contributed by atoms with E-state index in [0.29, 0.717) is 6.61 Å². The van der Waals surface area contributed by atoms with Gasteiger partial charge in [0.05, 0.1) is 13.7 Å². The highest BCUT2D eigenvalue weighted by molar-refractivity contribution is 14.0. The Morgan fingerprint density at radius 1 is 1.22 bits per heavy atom. The van der Waals surface area contributed by atoms with Crippen LogP contribution in [0.1, 0.15) is 25.7 Å². The molecule has 6 nitrogen and oxygen atoms in total. The van der Waals surface area contributed by atoms with Crippen molar-refractivity contribution in [3.8, 4) is 11.5 Å². The van der Waals surface area contributed by atoms with Crippen LogP contribution in [0.3, 0.4) is 0 Å². The van der Waals surface area contributed by atoms with Gasteiger partial charge < -0.3 is 24.4 Å². The van der Waals surface area contributed by atoms with Crippen LogP contribution in [0.2, 0.25) is 0 Å². The molecule has 0 radical (unpaired) electrons. The highest BCUT2D eigenvalue weighted by atomic mass is 127. The van der Waals surface area contributed by atoms with Crippen LogP contribution in [0.15, 0.2) is 29.3 Å². The zero-order chi connectivity index (χ0) is 18.6. The minimum atomic E-state index is 0. The van der Waals surface area contributed by atoms with Crippen LogP contribution in [0, 0.1) is 5.92 Å². The lowest BCUT2D eigenvalue weighted by molar-refractivity contribution is 0.0625. The van der Waals surface area contributed by atoms with Gasteiger partial charge in [0, 0.05) is 40.4 Å². The molecule has 0 saturated carbocycles. The smallest absolute Gasteiger partial charge is 0.193 e. The maximum atomic E-state index is 5.75. The average molecular weight is 491 g/mol. The number of ether oxygens (including phenoxy) is 3. The molecule has 1 N–H and O–H groups in total. The molecule has 7 heteroatoms. The molecule has 1 aliphatic heterocycles. The summed E-state index contributed by atoms with van der Waals surface area (Å²) in [5.41, 5.74) is 0. The van der Waals surface area contributed by atoms with E-state index in [1.807, 2.05) is 31.3 Å². The van der Waals surface area contributed by atoms with Crippen LogP contribution in [0.4, 0.5) is 0 Å². The van der Waals surface area contributed by atoms with Crippen molar-refractivity contribution >= 4 is 29.9 Å². The van der Waals surface area contributed by atoms with Gasteiger partial charge in [-0.25, -0.2) is 0 Å². The number of hydrogen-bond acceptors (Lipinski definition) is 4. The third-order valence-corrected chi connectivity index (χ3v) is 4.72. The predicted molar refractivity (Wildman–Crippen MR) is 121 cm³/mol. The number of nitrogens with one attached hydrogen (secondary N) is 1. The first kappa shape index (κ1) is 23.8. The molecule has 0 amide bonds. The Morgan fingerprint density at radius 3 is 2.52 bits per heavy atom. The van der Waals surface area contributed by atoms with Crippen molar-refractivity contribution < 1.29 is 14.2 Å². The van der Waals surface area contributed by atoms with E-state index >= 15 is 0 Å². The molecule has 1 aromatic carbocycles. The number of hydrogen-bond donors (Lipinski definition) is 1. The lowest BCUT2D eigenvalue weighted by Crippen LogP contribution is -2.40. The van der Waals surface area contributed by atoms with Gasteiger partial charge in [0.1, 0.15) is 11.5 Å². The second-order valence-electron chi connectivity index (χ2n) is 6.62. The number of nitrogens with zero attached hydrogens (tertiary/aromatic N) is 2. The van der Waals surface area contributed by atoms with Crippen LogP contribution in [-0.4, -0.2) is 65.0 Å². The lowest BCUT2D eigenvalue weighted by Gasteiger charge is -2.26. The molecule has 1 aliphatic rings. The van der Waals surface area contributed by atoms with Gasteiger partial charge in [-0.1, -0.05) is 0 Å². The standard InChI is InChI=1S/C20H33N3O3.HI/c1-21-20(23(2)13-9-17-10-15-25-16-11-17)22-12-4-14-26-19-7-5-18(24-3)6-8-19;/h5-8,17H,4,9-16H2,1-3H3,(H,21,22);1H. The van der Waals surface area contributed by atoms with Crippen molar-refractivity contribution in [3.63, 3.8) is 0 Å². The topological polar surface area (TPSA) is 55.3 Å². The molecular formula is C20H34IN3O3. The van der Waals surface area contributed by atoms with Gasteiger partial charge in [-0.2, -0.15) is 0 Å². The summed E-state index contributed by atoms with van der Waals surface area (Å²) in [5.74, 6) is 3.43. The molecule has 154 valence electrons. The van der Waals surface area contributed by atoms with Crippen molar-refractivity contribution in [2.75, 3.05) is 54.1 Å². The predicted octanol–water partition coefficient (Wildman–Crippen LogP) is 3.41. The summed E-state index contributed by atoms with van der Waals surface area (Å²) in [6.07, 6.45) is 4.48. The highest BCUT2D eigenvalue weighted by Crippen LogP contribution is 2.18. The first-order chi connectivity index (χ1) is 12.7. The Morgan fingerprint density at radius 2 is 1.89 bits per heavy atom. The van der Waals surface area contributed by atoms with Gasteiger partial charge >= 0.3 is 0 Å². The minimum absolute atomic E-state index is 0. The molecule has 0 spiro atoms. The molecule has 0 aromatic heterocycles. The van der Waals surface area contributed by atoms with Crippen LogP contribution < -0.4 is 14.8 Å². The molecule has 1 saturated heterocycles. The monoisotopic (exact) mass is 491 g/mol. The molecule has 1 fully saturated rings. The number of rotatable bonds is 9. The van der Waals surface area contributed by atoms with Crippen LogP contribution in [-0.2, 0) is 4.74 Å². The highest BCUT2D eigenvalue weighted by Gasteiger charge is 2.15. The molecular weight excluding hydrogens is 457 g/mol. The summed E-state index contributed by atoms with van der Waals surface area (Å²) in [6, 6.07) is 7.66. The Kier molecular flexibility index (Phi) is 12.2. The van der Waals surface area contributed by atoms with Crippen LogP contribution in [0.5, 0.6) is 11.5 Å². The molecule has 1 heterocycles. The maximum Gasteiger partial charge on any atom is 0.193 e. The van der Waals surface area contributed by atoms with Crippen molar-refractivity contribution in [2.24, 2.45) is 10.9 Å². The van der Waals surface area contributed by atoms with Gasteiger partial charge in [0.2, 0.25) is 0 Å². The molecule has 2 rings (SSSR count). The van der Waals surface area contributed by atoms with E-state index in [4.69, 9.17) is 14.2 Å². The molecule has 0 aliphatic carbocycles. The lowest BCUT2D eigenvalue weighted by atomic mass is 9.96. The van der Waals surface area contributed by atoms with Crippen molar-refractivity contribution in [2.45, 2.75) is 25.7 Å². The first-order valence-electron chi connectivity index (χ1n) is 9.49. The van der Waals surface area contributed by atoms with E-state index in [2.05, 4.69) is 22.3 Å². The van der Waals surface area contributed by atoms with Crippen LogP contribution in [0.25, 0.3) is 0 Å². The van der Waals surface area contributed by atoms with E-state index in [-0.39, 0.29) is 24.0 Å². The van der Waals surface area contributed by atoms with Gasteiger partial charge in [-0.05, 0) is 55.9 Å². The molecule has 0 bridgehead atoms. The number of benzene rings is 1. The number of aliphatic imine (C=N–C) groups is 1. The zero-order valence-corrected chi connectivity index (χ0v) is 19.1. The SMILES string of the molecule is CN=C(NCCCOc1ccc(OC)cc1)N(C)CCC1CCOCC1.I. The second kappa shape index (κ2) is 13.9.